The minimum atomic E-state index is -3.74. The van der Waals surface area contributed by atoms with E-state index in [4.69, 9.17) is 4.42 Å². The molecule has 0 fully saturated rings. The highest BCUT2D eigenvalue weighted by Gasteiger charge is 2.22. The van der Waals surface area contributed by atoms with Gasteiger partial charge in [0.15, 0.2) is 0 Å². The van der Waals surface area contributed by atoms with Crippen LogP contribution in [0.2, 0.25) is 0 Å². The van der Waals surface area contributed by atoms with E-state index in [1.54, 1.807) is 20.0 Å². The van der Waals surface area contributed by atoms with Crippen LogP contribution in [0.15, 0.2) is 33.8 Å². The first-order chi connectivity index (χ1) is 9.03. The Labute approximate surface area is 111 Å². The van der Waals surface area contributed by atoms with Crippen LogP contribution < -0.4 is 10.0 Å². The van der Waals surface area contributed by atoms with Crippen LogP contribution in [0.3, 0.4) is 0 Å². The van der Waals surface area contributed by atoms with Crippen molar-refractivity contribution in [3.05, 3.63) is 36.0 Å². The smallest absolute Gasteiger partial charge is 0.267 e. The number of rotatable bonds is 5. The second-order valence-corrected chi connectivity index (χ2v) is 5.49. The number of hydrogen-bond donors (Lipinski definition) is 2. The minimum absolute atomic E-state index is 0.0262. The number of nitrogens with zero attached hydrogens (tertiary/aromatic N) is 2. The summed E-state index contributed by atoms with van der Waals surface area (Å²) >= 11 is 0. The molecule has 0 aliphatic heterocycles. The van der Waals surface area contributed by atoms with Gasteiger partial charge in [0, 0.05) is 18.5 Å². The highest BCUT2D eigenvalue weighted by molar-refractivity contribution is 7.92. The van der Waals surface area contributed by atoms with Crippen LogP contribution in [0.25, 0.3) is 0 Å². The van der Waals surface area contributed by atoms with Gasteiger partial charge in [0.2, 0.25) is 5.95 Å². The van der Waals surface area contributed by atoms with Crippen LogP contribution >= 0.6 is 0 Å². The Balaban J connectivity index is 2.29. The Hall–Kier alpha value is -1.93. The lowest BCUT2D eigenvalue weighted by molar-refractivity contribution is 0.466. The summed E-state index contributed by atoms with van der Waals surface area (Å²) in [4.78, 5) is 7.72. The van der Waals surface area contributed by atoms with Crippen molar-refractivity contribution in [2.24, 2.45) is 0 Å². The zero-order valence-corrected chi connectivity index (χ0v) is 11.4. The van der Waals surface area contributed by atoms with Crippen LogP contribution in [0.5, 0.6) is 0 Å². The molecule has 0 bridgehead atoms. The molecule has 0 aliphatic rings. The zero-order chi connectivity index (χ0) is 13.9. The Morgan fingerprint density at radius 1 is 1.32 bits per heavy atom. The van der Waals surface area contributed by atoms with E-state index in [1.807, 2.05) is 0 Å². The number of anilines is 1. The normalized spacial score (nSPS) is 11.5. The molecule has 0 radical (unpaired) electrons. The van der Waals surface area contributed by atoms with E-state index < -0.39 is 10.0 Å². The fourth-order valence-electron chi connectivity index (χ4n) is 1.58. The number of nitrogens with one attached hydrogen (secondary N) is 2. The lowest BCUT2D eigenvalue weighted by Crippen LogP contribution is -2.15. The summed E-state index contributed by atoms with van der Waals surface area (Å²) in [5.41, 5.74) is 0. The van der Waals surface area contributed by atoms with Gasteiger partial charge >= 0.3 is 0 Å². The van der Waals surface area contributed by atoms with Crippen molar-refractivity contribution in [2.75, 3.05) is 11.8 Å². The van der Waals surface area contributed by atoms with E-state index in [0.717, 1.165) is 0 Å². The lowest BCUT2D eigenvalue weighted by atomic mass is 10.4. The van der Waals surface area contributed by atoms with Gasteiger partial charge in [0.05, 0.1) is 6.54 Å². The summed E-state index contributed by atoms with van der Waals surface area (Å²) in [6.07, 6.45) is 2.92. The molecule has 0 saturated heterocycles. The zero-order valence-electron chi connectivity index (χ0n) is 10.5. The molecular weight excluding hydrogens is 268 g/mol. The van der Waals surface area contributed by atoms with E-state index in [2.05, 4.69) is 20.0 Å². The first-order valence-corrected chi connectivity index (χ1v) is 7.05. The molecule has 0 saturated carbocycles. The molecule has 2 N–H and O–H groups in total. The summed E-state index contributed by atoms with van der Waals surface area (Å²) in [5.74, 6) is 0.904. The Morgan fingerprint density at radius 2 is 2.00 bits per heavy atom. The molecule has 0 amide bonds. The number of aromatic nitrogens is 2. The summed E-state index contributed by atoms with van der Waals surface area (Å²) in [5, 5.41) is 2.89. The molecule has 2 rings (SSSR count). The van der Waals surface area contributed by atoms with Crippen molar-refractivity contribution in [1.82, 2.24) is 15.3 Å². The summed E-state index contributed by atoms with van der Waals surface area (Å²) in [6.45, 7) is 2.05. The van der Waals surface area contributed by atoms with Crippen LogP contribution in [-0.2, 0) is 16.6 Å². The van der Waals surface area contributed by atoms with Crippen molar-refractivity contribution < 1.29 is 12.8 Å². The molecule has 8 heteroatoms. The SMILES string of the molecule is CNCc1cc(S(=O)(=O)Nc2ncccn2)c(C)o1. The van der Waals surface area contributed by atoms with Crippen molar-refractivity contribution in [3.8, 4) is 0 Å². The molecule has 102 valence electrons. The van der Waals surface area contributed by atoms with Gasteiger partial charge in [-0.15, -0.1) is 0 Å². The highest BCUT2D eigenvalue weighted by Crippen LogP contribution is 2.21. The minimum Gasteiger partial charge on any atom is -0.464 e. The van der Waals surface area contributed by atoms with Gasteiger partial charge in [-0.1, -0.05) is 0 Å². The van der Waals surface area contributed by atoms with E-state index >= 15 is 0 Å². The number of hydrogen-bond acceptors (Lipinski definition) is 6. The standard InChI is InChI=1S/C11H14N4O3S/c1-8-10(6-9(18-8)7-12-2)19(16,17)15-11-13-4-3-5-14-11/h3-6,12H,7H2,1-2H3,(H,13,14,15). The average Bonchev–Trinajstić information content (AvgIpc) is 2.72. The summed E-state index contributed by atoms with van der Waals surface area (Å²) in [7, 11) is -1.99. The molecule has 19 heavy (non-hydrogen) atoms. The fraction of sp³-hybridized carbons (Fsp3) is 0.273. The van der Waals surface area contributed by atoms with E-state index in [9.17, 15) is 8.42 Å². The number of furan rings is 1. The molecule has 2 aromatic heterocycles. The first kappa shape index (κ1) is 13.5. The summed E-state index contributed by atoms with van der Waals surface area (Å²) < 4.78 is 32.0. The molecule has 0 aromatic carbocycles. The first-order valence-electron chi connectivity index (χ1n) is 5.56. The molecular formula is C11H14N4O3S. The lowest BCUT2D eigenvalue weighted by Gasteiger charge is -2.04. The van der Waals surface area contributed by atoms with Gasteiger partial charge in [-0.25, -0.2) is 23.1 Å². The maximum Gasteiger partial charge on any atom is 0.267 e. The van der Waals surface area contributed by atoms with Gasteiger partial charge in [-0.05, 0) is 20.0 Å². The van der Waals surface area contributed by atoms with Crippen molar-refractivity contribution in [2.45, 2.75) is 18.4 Å². The Bertz CT molecular complexity index is 652. The van der Waals surface area contributed by atoms with Gasteiger partial charge in [0.25, 0.3) is 10.0 Å². The van der Waals surface area contributed by atoms with Gasteiger partial charge in [0.1, 0.15) is 16.4 Å². The Morgan fingerprint density at radius 3 is 2.63 bits per heavy atom. The van der Waals surface area contributed by atoms with Crippen LogP contribution in [0.1, 0.15) is 11.5 Å². The van der Waals surface area contributed by atoms with Gasteiger partial charge < -0.3 is 9.73 Å². The topological polar surface area (TPSA) is 97.1 Å². The second-order valence-electron chi connectivity index (χ2n) is 3.84. The molecule has 2 aromatic rings. The van der Waals surface area contributed by atoms with Crippen molar-refractivity contribution in [3.63, 3.8) is 0 Å². The molecule has 0 unspecified atom stereocenters. The maximum absolute atomic E-state index is 12.2. The third kappa shape index (κ3) is 3.09. The second kappa shape index (κ2) is 5.37. The number of aryl methyl sites for hydroxylation is 1. The quantitative estimate of drug-likeness (QED) is 0.845. The molecule has 2 heterocycles. The summed E-state index contributed by atoms with van der Waals surface area (Å²) in [6, 6.07) is 3.09. The molecule has 7 nitrogen and oxygen atoms in total. The van der Waals surface area contributed by atoms with E-state index in [0.29, 0.717) is 18.1 Å². The van der Waals surface area contributed by atoms with Crippen LogP contribution in [0.4, 0.5) is 5.95 Å². The Kier molecular flexibility index (Phi) is 3.82. The van der Waals surface area contributed by atoms with Crippen LogP contribution in [-0.4, -0.2) is 25.4 Å². The number of sulfonamides is 1. The average molecular weight is 282 g/mol. The maximum atomic E-state index is 12.2. The largest absolute Gasteiger partial charge is 0.464 e. The van der Waals surface area contributed by atoms with Gasteiger partial charge in [-0.2, -0.15) is 0 Å². The van der Waals surface area contributed by atoms with Crippen LogP contribution in [0, 0.1) is 6.92 Å². The molecule has 0 spiro atoms. The van der Waals surface area contributed by atoms with E-state index in [1.165, 1.54) is 18.5 Å². The fourth-order valence-corrected chi connectivity index (χ4v) is 2.74. The van der Waals surface area contributed by atoms with E-state index in [-0.39, 0.29) is 10.8 Å². The predicted octanol–water partition coefficient (Wildman–Crippen LogP) is 0.898. The molecule has 0 atom stereocenters. The third-order valence-electron chi connectivity index (χ3n) is 2.36. The highest BCUT2D eigenvalue weighted by atomic mass is 32.2. The monoisotopic (exact) mass is 282 g/mol. The molecule has 0 aliphatic carbocycles. The third-order valence-corrected chi connectivity index (χ3v) is 3.79. The van der Waals surface area contributed by atoms with Gasteiger partial charge in [-0.3, -0.25) is 0 Å². The predicted molar refractivity (Wildman–Crippen MR) is 69.0 cm³/mol. The van der Waals surface area contributed by atoms with Crippen molar-refractivity contribution >= 4 is 16.0 Å². The van der Waals surface area contributed by atoms with Crippen molar-refractivity contribution in [1.29, 1.82) is 0 Å².